The SMILES string of the molecule is c1ccc2nc(N3CCCC(COc4cnccn4)C3)ccc2c1. The van der Waals surface area contributed by atoms with E-state index in [-0.39, 0.29) is 0 Å². The van der Waals surface area contributed by atoms with Gasteiger partial charge in [-0.25, -0.2) is 9.97 Å². The van der Waals surface area contributed by atoms with Crippen molar-refractivity contribution in [3.8, 4) is 5.88 Å². The van der Waals surface area contributed by atoms with Crippen LogP contribution in [-0.4, -0.2) is 34.6 Å². The minimum atomic E-state index is 0.481. The maximum absolute atomic E-state index is 5.78. The van der Waals surface area contributed by atoms with Gasteiger partial charge in [-0.15, -0.1) is 0 Å². The van der Waals surface area contributed by atoms with Crippen molar-refractivity contribution in [1.82, 2.24) is 15.0 Å². The Labute approximate surface area is 141 Å². The fraction of sp³-hybridized carbons (Fsp3) is 0.316. The smallest absolute Gasteiger partial charge is 0.232 e. The van der Waals surface area contributed by atoms with Crippen molar-refractivity contribution >= 4 is 16.7 Å². The molecule has 1 fully saturated rings. The lowest BCUT2D eigenvalue weighted by molar-refractivity contribution is 0.221. The van der Waals surface area contributed by atoms with E-state index in [1.54, 1.807) is 18.6 Å². The Kier molecular flexibility index (Phi) is 4.23. The fourth-order valence-corrected chi connectivity index (χ4v) is 3.20. The highest BCUT2D eigenvalue weighted by Gasteiger charge is 2.21. The molecule has 5 nitrogen and oxygen atoms in total. The second-order valence-corrected chi connectivity index (χ2v) is 6.17. The molecule has 3 heterocycles. The molecule has 0 saturated carbocycles. The molecule has 2 aromatic heterocycles. The largest absolute Gasteiger partial charge is 0.476 e. The van der Waals surface area contributed by atoms with Gasteiger partial charge in [-0.3, -0.25) is 4.98 Å². The van der Waals surface area contributed by atoms with Crippen LogP contribution in [0.3, 0.4) is 0 Å². The highest BCUT2D eigenvalue weighted by atomic mass is 16.5. The van der Waals surface area contributed by atoms with Crippen LogP contribution in [0.4, 0.5) is 5.82 Å². The lowest BCUT2D eigenvalue weighted by Crippen LogP contribution is -2.38. The summed E-state index contributed by atoms with van der Waals surface area (Å²) in [6, 6.07) is 12.5. The summed E-state index contributed by atoms with van der Waals surface area (Å²) < 4.78 is 5.78. The van der Waals surface area contributed by atoms with E-state index in [4.69, 9.17) is 9.72 Å². The van der Waals surface area contributed by atoms with E-state index in [0.29, 0.717) is 18.4 Å². The van der Waals surface area contributed by atoms with Gasteiger partial charge < -0.3 is 9.64 Å². The molecule has 0 bridgehead atoms. The minimum absolute atomic E-state index is 0.481. The Bertz CT molecular complexity index is 809. The summed E-state index contributed by atoms with van der Waals surface area (Å²) in [5.41, 5.74) is 1.05. The van der Waals surface area contributed by atoms with Gasteiger partial charge >= 0.3 is 0 Å². The summed E-state index contributed by atoms with van der Waals surface area (Å²) in [7, 11) is 0. The lowest BCUT2D eigenvalue weighted by atomic mass is 9.99. The van der Waals surface area contributed by atoms with Gasteiger partial charge in [0, 0.05) is 36.8 Å². The van der Waals surface area contributed by atoms with E-state index in [0.717, 1.165) is 30.8 Å². The van der Waals surface area contributed by atoms with Crippen molar-refractivity contribution in [1.29, 1.82) is 0 Å². The van der Waals surface area contributed by atoms with Crippen LogP contribution in [0.2, 0.25) is 0 Å². The number of pyridine rings is 1. The highest BCUT2D eigenvalue weighted by molar-refractivity contribution is 5.80. The molecular weight excluding hydrogens is 300 g/mol. The number of hydrogen-bond donors (Lipinski definition) is 0. The van der Waals surface area contributed by atoms with E-state index in [1.165, 1.54) is 11.8 Å². The molecule has 3 aromatic rings. The van der Waals surface area contributed by atoms with Crippen molar-refractivity contribution in [3.05, 3.63) is 55.0 Å². The fourth-order valence-electron chi connectivity index (χ4n) is 3.20. The van der Waals surface area contributed by atoms with Gasteiger partial charge in [-0.2, -0.15) is 0 Å². The van der Waals surface area contributed by atoms with Crippen LogP contribution in [0.25, 0.3) is 10.9 Å². The number of rotatable bonds is 4. The molecule has 1 aliphatic heterocycles. The monoisotopic (exact) mass is 320 g/mol. The van der Waals surface area contributed by atoms with Crippen LogP contribution in [0.1, 0.15) is 12.8 Å². The number of benzene rings is 1. The van der Waals surface area contributed by atoms with Crippen LogP contribution >= 0.6 is 0 Å². The number of aromatic nitrogens is 3. The van der Waals surface area contributed by atoms with Crippen LogP contribution in [0, 0.1) is 5.92 Å². The van der Waals surface area contributed by atoms with Crippen LogP contribution in [0.15, 0.2) is 55.0 Å². The maximum Gasteiger partial charge on any atom is 0.232 e. The van der Waals surface area contributed by atoms with E-state index >= 15 is 0 Å². The van der Waals surface area contributed by atoms with Crippen molar-refractivity contribution in [2.45, 2.75) is 12.8 Å². The molecule has 1 aromatic carbocycles. The van der Waals surface area contributed by atoms with Gasteiger partial charge in [0.1, 0.15) is 5.82 Å². The molecule has 4 rings (SSSR count). The van der Waals surface area contributed by atoms with Crippen molar-refractivity contribution in [2.24, 2.45) is 5.92 Å². The second-order valence-electron chi connectivity index (χ2n) is 6.17. The first-order valence-electron chi connectivity index (χ1n) is 8.38. The number of piperidine rings is 1. The molecule has 122 valence electrons. The topological polar surface area (TPSA) is 51.1 Å². The Balaban J connectivity index is 1.43. The van der Waals surface area contributed by atoms with Crippen molar-refractivity contribution in [2.75, 3.05) is 24.6 Å². The third kappa shape index (κ3) is 3.30. The zero-order valence-corrected chi connectivity index (χ0v) is 13.5. The number of hydrogen-bond acceptors (Lipinski definition) is 5. The molecule has 1 atom stereocenters. The first-order chi connectivity index (χ1) is 11.9. The van der Waals surface area contributed by atoms with Gasteiger partial charge in [-0.1, -0.05) is 18.2 Å². The third-order valence-corrected chi connectivity index (χ3v) is 4.43. The van der Waals surface area contributed by atoms with E-state index < -0.39 is 0 Å². The molecule has 0 aliphatic carbocycles. The summed E-state index contributed by atoms with van der Waals surface area (Å²) in [4.78, 5) is 15.4. The Morgan fingerprint density at radius 1 is 1.12 bits per heavy atom. The lowest BCUT2D eigenvalue weighted by Gasteiger charge is -2.33. The Morgan fingerprint density at radius 3 is 3.00 bits per heavy atom. The van der Waals surface area contributed by atoms with Crippen molar-refractivity contribution < 1.29 is 4.74 Å². The standard InChI is InChI=1S/C19H20N4O/c1-2-6-17-16(5-1)7-8-18(22-17)23-11-3-4-15(13-23)14-24-19-12-20-9-10-21-19/h1-2,5-10,12,15H,3-4,11,13-14H2. The quantitative estimate of drug-likeness (QED) is 0.738. The molecule has 1 aliphatic rings. The first kappa shape index (κ1) is 14.9. The summed E-state index contributed by atoms with van der Waals surface area (Å²) in [5.74, 6) is 2.13. The summed E-state index contributed by atoms with van der Waals surface area (Å²) in [6.07, 6.45) is 7.29. The molecular formula is C19H20N4O. The predicted octanol–water partition coefficient (Wildman–Crippen LogP) is 3.32. The summed E-state index contributed by atoms with van der Waals surface area (Å²) in [6.45, 7) is 2.68. The number of para-hydroxylation sites is 1. The zero-order valence-electron chi connectivity index (χ0n) is 13.5. The molecule has 0 N–H and O–H groups in total. The van der Waals surface area contributed by atoms with Crippen LogP contribution < -0.4 is 9.64 Å². The zero-order chi connectivity index (χ0) is 16.2. The normalized spacial score (nSPS) is 17.8. The third-order valence-electron chi connectivity index (χ3n) is 4.43. The van der Waals surface area contributed by atoms with Crippen molar-refractivity contribution in [3.63, 3.8) is 0 Å². The van der Waals surface area contributed by atoms with Gasteiger partial charge in [0.25, 0.3) is 0 Å². The van der Waals surface area contributed by atoms with Crippen LogP contribution in [0.5, 0.6) is 5.88 Å². The highest BCUT2D eigenvalue weighted by Crippen LogP contribution is 2.24. The van der Waals surface area contributed by atoms with Crippen LogP contribution in [-0.2, 0) is 0 Å². The molecule has 5 heteroatoms. The average molecular weight is 320 g/mol. The van der Waals surface area contributed by atoms with E-state index in [2.05, 4.69) is 39.1 Å². The maximum atomic E-state index is 5.78. The first-order valence-corrected chi connectivity index (χ1v) is 8.38. The van der Waals surface area contributed by atoms with E-state index in [9.17, 15) is 0 Å². The predicted molar refractivity (Wildman–Crippen MR) is 94.2 cm³/mol. The Morgan fingerprint density at radius 2 is 2.08 bits per heavy atom. The molecule has 0 radical (unpaired) electrons. The number of anilines is 1. The van der Waals surface area contributed by atoms with E-state index in [1.807, 2.05) is 12.1 Å². The molecule has 1 unspecified atom stereocenters. The number of fused-ring (bicyclic) bond motifs is 1. The second kappa shape index (κ2) is 6.83. The molecule has 0 spiro atoms. The number of nitrogens with zero attached hydrogens (tertiary/aromatic N) is 4. The van der Waals surface area contributed by atoms with Gasteiger partial charge in [0.15, 0.2) is 0 Å². The minimum Gasteiger partial charge on any atom is -0.476 e. The van der Waals surface area contributed by atoms with Gasteiger partial charge in [-0.05, 0) is 31.0 Å². The number of ether oxygens (including phenoxy) is 1. The molecule has 0 amide bonds. The molecule has 1 saturated heterocycles. The van der Waals surface area contributed by atoms with Gasteiger partial charge in [0.05, 0.1) is 18.3 Å². The molecule has 24 heavy (non-hydrogen) atoms. The Hall–Kier alpha value is -2.69. The summed E-state index contributed by atoms with van der Waals surface area (Å²) in [5, 5.41) is 1.18. The van der Waals surface area contributed by atoms with Gasteiger partial charge in [0.2, 0.25) is 5.88 Å². The summed E-state index contributed by atoms with van der Waals surface area (Å²) >= 11 is 0. The average Bonchev–Trinajstić information content (AvgIpc) is 2.67.